The number of anilines is 1. The van der Waals surface area contributed by atoms with Gasteiger partial charge in [0.05, 0.1) is 43.3 Å². The molecule has 5 aromatic rings. The highest BCUT2D eigenvalue weighted by Crippen LogP contribution is 2.32. The van der Waals surface area contributed by atoms with Gasteiger partial charge in [-0.2, -0.15) is 13.2 Å². The molecular weight excluding hydrogens is 578 g/mol. The zero-order valence-electron chi connectivity index (χ0n) is 22.2. The van der Waals surface area contributed by atoms with Crippen LogP contribution in [0.2, 0.25) is 0 Å². The summed E-state index contributed by atoms with van der Waals surface area (Å²) in [6, 6.07) is 18.0. The van der Waals surface area contributed by atoms with Gasteiger partial charge in [0, 0.05) is 29.1 Å². The van der Waals surface area contributed by atoms with Crippen LogP contribution in [0, 0.1) is 5.82 Å². The second-order valence-corrected chi connectivity index (χ2v) is 10.5. The Morgan fingerprint density at radius 1 is 0.976 bits per heavy atom. The second-order valence-electron chi connectivity index (χ2n) is 9.13. The van der Waals surface area contributed by atoms with E-state index in [1.54, 1.807) is 31.4 Å². The van der Waals surface area contributed by atoms with Crippen LogP contribution in [0.1, 0.15) is 11.1 Å². The Hall–Kier alpha value is -4.65. The van der Waals surface area contributed by atoms with E-state index in [1.807, 2.05) is 12.1 Å². The Morgan fingerprint density at radius 2 is 1.74 bits per heavy atom. The van der Waals surface area contributed by atoms with E-state index in [9.17, 15) is 26.6 Å². The summed E-state index contributed by atoms with van der Waals surface area (Å²) in [4.78, 5) is 13.3. The van der Waals surface area contributed by atoms with E-state index in [2.05, 4.69) is 5.16 Å². The lowest BCUT2D eigenvalue weighted by atomic mass is 10.1. The fourth-order valence-corrected chi connectivity index (χ4v) is 5.64. The maximum absolute atomic E-state index is 14.8. The first kappa shape index (κ1) is 28.9. The van der Waals surface area contributed by atoms with E-state index >= 15 is 0 Å². The lowest BCUT2D eigenvalue weighted by Crippen LogP contribution is -2.26. The van der Waals surface area contributed by atoms with E-state index < -0.39 is 40.5 Å². The number of alkyl halides is 3. The molecular formula is C29H23F4N3O5S. The third-order valence-electron chi connectivity index (χ3n) is 6.41. The SMILES string of the molecule is COc1ccc(CN(c2ccon2)S(=O)c2ccc3c(ccc(=O)n3-c3cc(F)c(CC(F)(F)F)cc3OC)c2)cc1. The van der Waals surface area contributed by atoms with Crippen LogP contribution in [-0.2, 0) is 24.0 Å². The van der Waals surface area contributed by atoms with Gasteiger partial charge in [0.15, 0.2) is 16.8 Å². The van der Waals surface area contributed by atoms with Gasteiger partial charge in [0.25, 0.3) is 5.56 Å². The van der Waals surface area contributed by atoms with Gasteiger partial charge in [-0.3, -0.25) is 13.7 Å². The molecule has 1 unspecified atom stereocenters. The maximum atomic E-state index is 14.8. The molecule has 0 aliphatic carbocycles. The Labute approximate surface area is 239 Å². The number of ether oxygens (including phenoxy) is 2. The highest BCUT2D eigenvalue weighted by atomic mass is 32.2. The third kappa shape index (κ3) is 6.00. The van der Waals surface area contributed by atoms with Gasteiger partial charge in [0.1, 0.15) is 23.6 Å². The van der Waals surface area contributed by atoms with Gasteiger partial charge in [-0.1, -0.05) is 17.3 Å². The number of pyridine rings is 1. The first-order chi connectivity index (χ1) is 20.1. The number of benzene rings is 3. The molecule has 0 bridgehead atoms. The minimum atomic E-state index is -4.64. The minimum Gasteiger partial charge on any atom is -0.497 e. The van der Waals surface area contributed by atoms with Crippen molar-refractivity contribution in [3.8, 4) is 17.2 Å². The normalized spacial score (nSPS) is 12.3. The number of halogens is 4. The topological polar surface area (TPSA) is 86.8 Å². The molecule has 0 spiro atoms. The average molecular weight is 602 g/mol. The van der Waals surface area contributed by atoms with Gasteiger partial charge < -0.3 is 14.0 Å². The molecule has 42 heavy (non-hydrogen) atoms. The molecule has 2 heterocycles. The molecule has 5 rings (SSSR count). The number of hydrogen-bond acceptors (Lipinski definition) is 6. The number of fused-ring (bicyclic) bond motifs is 1. The van der Waals surface area contributed by atoms with Crippen LogP contribution < -0.4 is 19.3 Å². The molecule has 8 nitrogen and oxygen atoms in total. The van der Waals surface area contributed by atoms with E-state index in [4.69, 9.17) is 14.0 Å². The van der Waals surface area contributed by atoms with Crippen LogP contribution in [0.25, 0.3) is 16.6 Å². The summed E-state index contributed by atoms with van der Waals surface area (Å²) in [6.07, 6.45) is -4.77. The second kappa shape index (κ2) is 11.7. The standard InChI is InChI=1S/C29H23F4N3O5S/c1-39-21-6-3-18(4-7-21)17-35(27-11-12-41-34-27)42(38)22-8-9-24-19(13-22)5-10-28(37)36(24)25-15-23(30)20(14-26(25)40-2)16-29(31,32)33/h3-15H,16-17H2,1-2H3. The first-order valence-electron chi connectivity index (χ1n) is 12.4. The van der Waals surface area contributed by atoms with Gasteiger partial charge >= 0.3 is 6.18 Å². The molecule has 0 radical (unpaired) electrons. The van der Waals surface area contributed by atoms with Crippen molar-refractivity contribution in [3.05, 3.63) is 106 Å². The highest BCUT2D eigenvalue weighted by Gasteiger charge is 2.30. The summed E-state index contributed by atoms with van der Waals surface area (Å²) in [5.41, 5.74) is -0.132. The fraction of sp³-hybridized carbons (Fsp3) is 0.172. The largest absolute Gasteiger partial charge is 0.497 e. The lowest BCUT2D eigenvalue weighted by Gasteiger charge is -2.21. The minimum absolute atomic E-state index is 0.0749. The summed E-state index contributed by atoms with van der Waals surface area (Å²) in [7, 11) is 0.979. The lowest BCUT2D eigenvalue weighted by molar-refractivity contribution is -0.127. The number of rotatable bonds is 9. The summed E-state index contributed by atoms with van der Waals surface area (Å²) in [5.74, 6) is -0.255. The molecule has 0 fully saturated rings. The monoisotopic (exact) mass is 601 g/mol. The van der Waals surface area contributed by atoms with Gasteiger partial charge in [-0.05, 0) is 48.0 Å². The van der Waals surface area contributed by atoms with E-state index in [1.165, 1.54) is 41.9 Å². The van der Waals surface area contributed by atoms with Crippen LogP contribution in [0.3, 0.4) is 0 Å². The van der Waals surface area contributed by atoms with Gasteiger partial charge in [-0.25, -0.2) is 8.60 Å². The van der Waals surface area contributed by atoms with Crippen molar-refractivity contribution in [2.45, 2.75) is 24.0 Å². The third-order valence-corrected chi connectivity index (χ3v) is 7.79. The predicted molar refractivity (Wildman–Crippen MR) is 148 cm³/mol. The quantitative estimate of drug-likeness (QED) is 0.194. The number of hydrogen-bond donors (Lipinski definition) is 0. The Balaban J connectivity index is 1.55. The Kier molecular flexibility index (Phi) is 8.03. The smallest absolute Gasteiger partial charge is 0.393 e. The molecule has 0 amide bonds. The van der Waals surface area contributed by atoms with Gasteiger partial charge in [-0.15, -0.1) is 0 Å². The molecule has 0 saturated carbocycles. The molecule has 218 valence electrons. The zero-order valence-corrected chi connectivity index (χ0v) is 23.0. The Morgan fingerprint density at radius 3 is 2.38 bits per heavy atom. The van der Waals surface area contributed by atoms with Crippen LogP contribution >= 0.6 is 0 Å². The van der Waals surface area contributed by atoms with Crippen molar-refractivity contribution >= 4 is 27.7 Å². The number of aromatic nitrogens is 2. The predicted octanol–water partition coefficient (Wildman–Crippen LogP) is 5.97. The summed E-state index contributed by atoms with van der Waals surface area (Å²) in [6.45, 7) is 0.210. The van der Waals surface area contributed by atoms with E-state index in [0.29, 0.717) is 27.4 Å². The fourth-order valence-electron chi connectivity index (χ4n) is 4.44. The van der Waals surface area contributed by atoms with E-state index in [-0.39, 0.29) is 18.0 Å². The summed E-state index contributed by atoms with van der Waals surface area (Å²) >= 11 is 0. The molecule has 0 aliphatic rings. The number of nitrogens with zero attached hydrogens (tertiary/aromatic N) is 3. The van der Waals surface area contributed by atoms with Crippen molar-refractivity contribution < 1.29 is 35.8 Å². The first-order valence-corrected chi connectivity index (χ1v) is 13.5. The van der Waals surface area contributed by atoms with Crippen molar-refractivity contribution in [2.24, 2.45) is 0 Å². The average Bonchev–Trinajstić information content (AvgIpc) is 3.51. The van der Waals surface area contributed by atoms with Crippen LogP contribution in [0.5, 0.6) is 11.5 Å². The van der Waals surface area contributed by atoms with Gasteiger partial charge in [0.2, 0.25) is 0 Å². The molecule has 1 atom stereocenters. The molecule has 0 aliphatic heterocycles. The van der Waals surface area contributed by atoms with Crippen molar-refractivity contribution in [1.82, 2.24) is 9.72 Å². The summed E-state index contributed by atoms with van der Waals surface area (Å²) < 4.78 is 85.6. The molecule has 2 aromatic heterocycles. The van der Waals surface area contributed by atoms with Crippen LogP contribution in [0.15, 0.2) is 93.3 Å². The Bertz CT molecular complexity index is 1810. The summed E-state index contributed by atoms with van der Waals surface area (Å²) in [5, 5.41) is 4.41. The van der Waals surface area contributed by atoms with Crippen molar-refractivity contribution in [1.29, 1.82) is 0 Å². The highest BCUT2D eigenvalue weighted by molar-refractivity contribution is 7.86. The number of methoxy groups -OCH3 is 2. The maximum Gasteiger partial charge on any atom is 0.393 e. The van der Waals surface area contributed by atoms with Crippen molar-refractivity contribution in [3.63, 3.8) is 0 Å². The van der Waals surface area contributed by atoms with E-state index in [0.717, 1.165) is 22.3 Å². The molecule has 13 heteroatoms. The van der Waals surface area contributed by atoms with Crippen LogP contribution in [0.4, 0.5) is 23.4 Å². The van der Waals surface area contributed by atoms with Crippen LogP contribution in [-0.4, -0.2) is 34.3 Å². The molecule has 3 aromatic carbocycles. The molecule has 0 N–H and O–H groups in total. The zero-order chi connectivity index (χ0) is 30.0. The van der Waals surface area contributed by atoms with Crippen molar-refractivity contribution in [2.75, 3.05) is 18.5 Å². The molecule has 0 saturated heterocycles.